The fourth-order valence-corrected chi connectivity index (χ4v) is 8.84. The maximum absolute atomic E-state index is 13.3. The number of pyridine rings is 2. The predicted molar refractivity (Wildman–Crippen MR) is 268 cm³/mol. The molecule has 1 unspecified atom stereocenters. The van der Waals surface area contributed by atoms with Crippen LogP contribution in [0.5, 0.6) is 11.5 Å². The summed E-state index contributed by atoms with van der Waals surface area (Å²) in [6.07, 6.45) is 16.0. The van der Waals surface area contributed by atoms with Gasteiger partial charge in [0.25, 0.3) is 35.2 Å². The highest BCUT2D eigenvalue weighted by atomic mass is 35.5. The van der Waals surface area contributed by atoms with Crippen molar-refractivity contribution >= 4 is 68.6 Å². The van der Waals surface area contributed by atoms with Gasteiger partial charge in [0.1, 0.15) is 11.5 Å². The number of ketones is 2. The maximum atomic E-state index is 13.3. The van der Waals surface area contributed by atoms with Crippen molar-refractivity contribution in [2.45, 2.75) is 19.8 Å². The van der Waals surface area contributed by atoms with Gasteiger partial charge in [0.05, 0.1) is 65.2 Å². The van der Waals surface area contributed by atoms with Crippen molar-refractivity contribution in [2.75, 3.05) is 66.6 Å². The second-order valence-electron chi connectivity index (χ2n) is 17.0. The molecule has 7 aromatic rings. The minimum absolute atomic E-state index is 0.0176. The molecule has 0 spiro atoms. The number of fused-ring (bicyclic) bond motifs is 2. The number of nitrogens with one attached hydrogen (secondary N) is 3. The van der Waals surface area contributed by atoms with Gasteiger partial charge in [0.15, 0.2) is 5.15 Å². The highest BCUT2D eigenvalue weighted by Gasteiger charge is 2.33. The summed E-state index contributed by atoms with van der Waals surface area (Å²) < 4.78 is 10.8. The molecule has 1 aliphatic carbocycles. The lowest BCUT2D eigenvalue weighted by Gasteiger charge is -2.34. The Morgan fingerprint density at radius 1 is 0.606 bits per heavy atom. The summed E-state index contributed by atoms with van der Waals surface area (Å²) in [6, 6.07) is 20.1. The zero-order chi connectivity index (χ0) is 50.2. The molecule has 0 saturated carbocycles. The van der Waals surface area contributed by atoms with Gasteiger partial charge >= 0.3 is 0 Å². The predicted octanol–water partition coefficient (Wildman–Crippen LogP) is 7.05. The number of ether oxygens (including phenoxy) is 2. The number of carbonyl (C=O) groups excluding carboxylic acids is 6. The standard InChI is InChI=1S/C27H26N4O4.C21H19ClN4O4.C5H7N/c1-17-8-9-19(14-17)23-24-22(21(35-2)16-29-23)20(15-28-24)25(32)27(34)31-12-10-30(11-13-31)26(33)18-6-4-3-5-7-18;1-30-15-12-24-19(22)17-16(15)14(11-23-17)18(27)21(29)26-9-7-25(8-10-26)20(28)13-5-3-2-4-6-13;1-5-2-3-6-4-5/h3-9,14-16,19,28H,10-13H2,1-2H3;2-6,11-12,23H,7-10H2,1H3;2-4,6H,1H3. The number of methoxy groups -OCH3 is 2. The molecule has 2 aromatic carbocycles. The molecule has 18 heteroatoms. The Labute approximate surface area is 414 Å². The van der Waals surface area contributed by atoms with Gasteiger partial charge in [-0.15, -0.1) is 0 Å². The molecule has 2 fully saturated rings. The first-order valence-corrected chi connectivity index (χ1v) is 23.3. The van der Waals surface area contributed by atoms with Crippen molar-refractivity contribution in [1.82, 2.24) is 44.5 Å². The first-order chi connectivity index (χ1) is 34.4. The fraction of sp³-hybridized carbons (Fsp3) is 0.245. The van der Waals surface area contributed by atoms with Crippen molar-refractivity contribution in [1.29, 1.82) is 0 Å². The number of rotatable bonds is 9. The Morgan fingerprint density at radius 2 is 1.07 bits per heavy atom. The molecule has 1 atom stereocenters. The second-order valence-corrected chi connectivity index (χ2v) is 17.3. The topological polar surface area (TPSA) is 207 Å². The van der Waals surface area contributed by atoms with Gasteiger partial charge in [-0.1, -0.05) is 71.8 Å². The van der Waals surface area contributed by atoms with Crippen LogP contribution >= 0.6 is 11.6 Å². The van der Waals surface area contributed by atoms with E-state index in [2.05, 4.69) is 37.9 Å². The smallest absolute Gasteiger partial charge is 0.295 e. The van der Waals surface area contributed by atoms with Gasteiger partial charge in [0, 0.05) is 94.2 Å². The molecular weight excluding hydrogens is 926 g/mol. The normalized spacial score (nSPS) is 15.3. The van der Waals surface area contributed by atoms with Crippen LogP contribution in [0.25, 0.3) is 21.8 Å². The Balaban J connectivity index is 0.000000172. The number of piperazine rings is 2. The number of halogens is 1. The second kappa shape index (κ2) is 22.0. The summed E-state index contributed by atoms with van der Waals surface area (Å²) in [5.74, 6) is -1.88. The number of aromatic nitrogens is 5. The summed E-state index contributed by atoms with van der Waals surface area (Å²) >= 11 is 6.09. The number of amides is 4. The summed E-state index contributed by atoms with van der Waals surface area (Å²) in [7, 11) is 2.97. The molecule has 7 heterocycles. The van der Waals surface area contributed by atoms with Gasteiger partial charge in [-0.25, -0.2) is 4.98 Å². The van der Waals surface area contributed by atoms with Gasteiger partial charge < -0.3 is 44.0 Å². The number of allylic oxidation sites excluding steroid dienone is 4. The van der Waals surface area contributed by atoms with Crippen LogP contribution < -0.4 is 9.47 Å². The fourth-order valence-electron chi connectivity index (χ4n) is 8.64. The number of benzene rings is 2. The van der Waals surface area contributed by atoms with Crippen LogP contribution in [-0.2, 0) is 9.59 Å². The molecule has 3 N–H and O–H groups in total. The lowest BCUT2D eigenvalue weighted by Crippen LogP contribution is -2.52. The summed E-state index contributed by atoms with van der Waals surface area (Å²) in [6.45, 7) is 6.70. The van der Waals surface area contributed by atoms with E-state index >= 15 is 0 Å². The van der Waals surface area contributed by atoms with E-state index in [0.29, 0.717) is 83.7 Å². The van der Waals surface area contributed by atoms with E-state index in [0.717, 1.165) is 11.3 Å². The van der Waals surface area contributed by atoms with Crippen LogP contribution in [0.3, 0.4) is 0 Å². The molecule has 4 amide bonds. The molecule has 17 nitrogen and oxygen atoms in total. The number of Topliss-reactive ketones (excluding diaryl/α,β-unsaturated/α-hetero) is 2. The lowest BCUT2D eigenvalue weighted by atomic mass is 10.0. The quantitative estimate of drug-likeness (QED) is 0.0763. The van der Waals surface area contributed by atoms with E-state index < -0.39 is 23.4 Å². The molecule has 5 aromatic heterocycles. The van der Waals surface area contributed by atoms with E-state index in [9.17, 15) is 28.8 Å². The first-order valence-electron chi connectivity index (χ1n) is 22.9. The average Bonchev–Trinajstić information content (AvgIpc) is 4.27. The minimum atomic E-state index is -0.662. The van der Waals surface area contributed by atoms with E-state index in [4.69, 9.17) is 21.1 Å². The third-order valence-corrected chi connectivity index (χ3v) is 12.8. The van der Waals surface area contributed by atoms with E-state index in [1.165, 1.54) is 42.0 Å². The van der Waals surface area contributed by atoms with Crippen LogP contribution in [0.4, 0.5) is 0 Å². The molecule has 10 rings (SSSR count). The minimum Gasteiger partial charge on any atom is -0.494 e. The number of H-pyrrole nitrogens is 3. The highest BCUT2D eigenvalue weighted by Crippen LogP contribution is 2.36. The van der Waals surface area contributed by atoms with Gasteiger partial charge in [-0.3, -0.25) is 33.8 Å². The van der Waals surface area contributed by atoms with Crippen molar-refractivity contribution in [3.05, 3.63) is 166 Å². The monoisotopic (exact) mass is 977 g/mol. The third kappa shape index (κ3) is 10.6. The average molecular weight is 979 g/mol. The zero-order valence-corrected chi connectivity index (χ0v) is 40.4. The summed E-state index contributed by atoms with van der Waals surface area (Å²) in [4.78, 5) is 101. The van der Waals surface area contributed by atoms with E-state index in [-0.39, 0.29) is 47.1 Å². The Bertz CT molecular complexity index is 3150. The van der Waals surface area contributed by atoms with Crippen LogP contribution in [-0.4, -0.2) is 146 Å². The lowest BCUT2D eigenvalue weighted by molar-refractivity contribution is -0.128. The van der Waals surface area contributed by atoms with Gasteiger partial charge in [-0.2, -0.15) is 0 Å². The van der Waals surface area contributed by atoms with Gasteiger partial charge in [0.2, 0.25) is 0 Å². The van der Waals surface area contributed by atoms with E-state index in [1.807, 2.05) is 73.9 Å². The van der Waals surface area contributed by atoms with Crippen molar-refractivity contribution in [3.63, 3.8) is 0 Å². The highest BCUT2D eigenvalue weighted by molar-refractivity contribution is 6.46. The third-order valence-electron chi connectivity index (χ3n) is 12.5. The van der Waals surface area contributed by atoms with Gasteiger partial charge in [-0.05, 0) is 49.7 Å². The van der Waals surface area contributed by atoms with Crippen molar-refractivity contribution in [3.8, 4) is 11.5 Å². The van der Waals surface area contributed by atoms with E-state index in [1.54, 1.807) is 46.5 Å². The maximum Gasteiger partial charge on any atom is 0.295 e. The van der Waals surface area contributed by atoms with Crippen LogP contribution in [0, 0.1) is 6.92 Å². The Hall–Kier alpha value is -8.31. The van der Waals surface area contributed by atoms with Crippen molar-refractivity contribution in [2.24, 2.45) is 0 Å². The molecule has 2 saturated heterocycles. The van der Waals surface area contributed by atoms with Crippen LogP contribution in [0.15, 0.2) is 128 Å². The molecular formula is C53H52ClN9O8. The van der Waals surface area contributed by atoms with Crippen molar-refractivity contribution < 1.29 is 38.2 Å². The number of aromatic amines is 3. The number of hydrogen-bond acceptors (Lipinski definition) is 10. The largest absolute Gasteiger partial charge is 0.494 e. The molecule has 3 aliphatic rings. The number of hydrogen-bond donors (Lipinski definition) is 3. The summed E-state index contributed by atoms with van der Waals surface area (Å²) in [5, 5.41) is 1.17. The molecule has 2 aliphatic heterocycles. The first kappa shape index (κ1) is 49.1. The summed E-state index contributed by atoms with van der Waals surface area (Å²) in [5.41, 5.74) is 5.97. The Morgan fingerprint density at radius 3 is 1.49 bits per heavy atom. The number of carbonyl (C=O) groups is 6. The molecule has 0 radical (unpaired) electrons. The number of aryl methyl sites for hydroxylation is 1. The van der Waals surface area contributed by atoms with Crippen LogP contribution in [0.1, 0.15) is 65.5 Å². The molecule has 0 bridgehead atoms. The molecule has 364 valence electrons. The Kier molecular flexibility index (Phi) is 15.2. The SMILES string of the molecule is COc1cnc(C2C=CC(C)=C2)c2[nH]cc(C(=O)C(=O)N3CCN(C(=O)c4ccccc4)CC3)c12.COc1cnc(Cl)c2[nH]cc(C(=O)C(=O)N3CCN(C(=O)c4ccccc4)CC3)c12.Cc1cc[nH]c1. The van der Waals surface area contributed by atoms with Crippen LogP contribution in [0.2, 0.25) is 5.15 Å². The zero-order valence-electron chi connectivity index (χ0n) is 39.6. The molecule has 71 heavy (non-hydrogen) atoms. The number of nitrogens with zero attached hydrogens (tertiary/aromatic N) is 6.